The summed E-state index contributed by atoms with van der Waals surface area (Å²) in [5, 5.41) is -0.0426. The predicted molar refractivity (Wildman–Crippen MR) is 74.6 cm³/mol. The number of carbonyl (C=O) groups is 1. The van der Waals surface area contributed by atoms with Crippen molar-refractivity contribution < 1.29 is 13.2 Å². The Hall–Kier alpha value is -0.820. The molecule has 5 nitrogen and oxygen atoms in total. The molecule has 0 aromatic heterocycles. The van der Waals surface area contributed by atoms with Crippen LogP contribution >= 0.6 is 23.2 Å². The largest absolute Gasteiger partial charge is 0.368 e. The number of sulfonamides is 1. The van der Waals surface area contributed by atoms with Gasteiger partial charge in [-0.3, -0.25) is 4.79 Å². The Bertz CT molecular complexity index is 567. The molecule has 19 heavy (non-hydrogen) atoms. The molecule has 3 N–H and O–H groups in total. The molecular formula is C11H14Cl2N2O3S. The number of carbonyl (C=O) groups excluding carboxylic acids is 1. The summed E-state index contributed by atoms with van der Waals surface area (Å²) in [6.07, 6.45) is 0. The molecule has 1 unspecified atom stereocenters. The van der Waals surface area contributed by atoms with E-state index in [9.17, 15) is 13.2 Å². The molecule has 1 rings (SSSR count). The fourth-order valence-corrected chi connectivity index (χ4v) is 3.98. The van der Waals surface area contributed by atoms with Crippen LogP contribution in [0.1, 0.15) is 13.8 Å². The maximum absolute atomic E-state index is 12.2. The van der Waals surface area contributed by atoms with Crippen LogP contribution in [0.4, 0.5) is 0 Å². The summed E-state index contributed by atoms with van der Waals surface area (Å²) >= 11 is 11.7. The van der Waals surface area contributed by atoms with E-state index in [0.717, 1.165) is 0 Å². The lowest BCUT2D eigenvalue weighted by atomic mass is 10.1. The smallest absolute Gasteiger partial charge is 0.244 e. The van der Waals surface area contributed by atoms with Crippen molar-refractivity contribution in [2.45, 2.75) is 24.8 Å². The number of nitrogens with one attached hydrogen (secondary N) is 1. The van der Waals surface area contributed by atoms with E-state index in [1.165, 1.54) is 18.2 Å². The summed E-state index contributed by atoms with van der Waals surface area (Å²) in [6, 6.07) is 3.29. The topological polar surface area (TPSA) is 89.3 Å². The molecule has 0 fully saturated rings. The highest BCUT2D eigenvalue weighted by Crippen LogP contribution is 2.29. The summed E-state index contributed by atoms with van der Waals surface area (Å²) in [5.74, 6) is -1.06. The Morgan fingerprint density at radius 1 is 1.26 bits per heavy atom. The van der Waals surface area contributed by atoms with Crippen molar-refractivity contribution in [3.63, 3.8) is 0 Å². The number of nitrogens with two attached hydrogens (primary N) is 1. The third kappa shape index (κ3) is 3.82. The summed E-state index contributed by atoms with van der Waals surface area (Å²) in [6.45, 7) is 3.35. The van der Waals surface area contributed by atoms with Crippen LogP contribution < -0.4 is 10.5 Å². The number of benzene rings is 1. The Balaban J connectivity index is 3.22. The molecule has 0 aliphatic heterocycles. The van der Waals surface area contributed by atoms with E-state index in [2.05, 4.69) is 4.72 Å². The Morgan fingerprint density at radius 2 is 1.74 bits per heavy atom. The van der Waals surface area contributed by atoms with E-state index >= 15 is 0 Å². The Kier molecular flexibility index (Phi) is 5.20. The molecule has 1 aromatic carbocycles. The summed E-state index contributed by atoms with van der Waals surface area (Å²) < 4.78 is 26.6. The van der Waals surface area contributed by atoms with Crippen molar-refractivity contribution in [2.75, 3.05) is 0 Å². The third-order valence-corrected chi connectivity index (χ3v) is 4.84. The molecule has 0 aliphatic rings. The number of halogens is 2. The summed E-state index contributed by atoms with van der Waals surface area (Å²) in [7, 11) is -4.03. The van der Waals surface area contributed by atoms with Crippen LogP contribution in [-0.4, -0.2) is 20.4 Å². The quantitative estimate of drug-likeness (QED) is 0.865. The van der Waals surface area contributed by atoms with E-state index in [1.807, 2.05) is 0 Å². The standard InChI is InChI=1S/C11H14Cl2N2O3S/c1-6(2)9(11(14)16)15-19(17,18)10-7(12)4-3-5-8(10)13/h3-6,9,15H,1-2H3,(H2,14,16). The molecule has 0 spiro atoms. The monoisotopic (exact) mass is 324 g/mol. The minimum absolute atomic E-state index is 0.0213. The van der Waals surface area contributed by atoms with Crippen LogP contribution in [0.5, 0.6) is 0 Å². The molecule has 8 heteroatoms. The molecule has 0 heterocycles. The zero-order chi connectivity index (χ0) is 14.8. The first-order chi connectivity index (χ1) is 8.66. The number of rotatable bonds is 5. The van der Waals surface area contributed by atoms with Gasteiger partial charge in [0.2, 0.25) is 15.9 Å². The number of hydrogen-bond donors (Lipinski definition) is 2. The van der Waals surface area contributed by atoms with Crippen molar-refractivity contribution in [2.24, 2.45) is 11.7 Å². The molecule has 0 saturated heterocycles. The average molecular weight is 325 g/mol. The number of primary amides is 1. The number of amides is 1. The van der Waals surface area contributed by atoms with Crippen molar-refractivity contribution in [1.82, 2.24) is 4.72 Å². The van der Waals surface area contributed by atoms with Gasteiger partial charge in [-0.2, -0.15) is 4.72 Å². The normalized spacial score (nSPS) is 13.5. The Labute approximate surface area is 122 Å². The predicted octanol–water partition coefficient (Wildman–Crippen LogP) is 1.78. The highest BCUT2D eigenvalue weighted by molar-refractivity contribution is 7.89. The van der Waals surface area contributed by atoms with E-state index in [0.29, 0.717) is 0 Å². The second kappa shape index (κ2) is 6.09. The van der Waals surface area contributed by atoms with Crippen molar-refractivity contribution in [1.29, 1.82) is 0 Å². The van der Waals surface area contributed by atoms with Crippen molar-refractivity contribution >= 4 is 39.1 Å². The first-order valence-electron chi connectivity index (χ1n) is 5.42. The van der Waals surface area contributed by atoms with Crippen LogP contribution in [-0.2, 0) is 14.8 Å². The van der Waals surface area contributed by atoms with Gasteiger partial charge in [0.1, 0.15) is 10.9 Å². The second-order valence-corrected chi connectivity index (χ2v) is 6.76. The van der Waals surface area contributed by atoms with E-state index in [-0.39, 0.29) is 20.9 Å². The molecule has 1 aromatic rings. The molecular weight excluding hydrogens is 311 g/mol. The average Bonchev–Trinajstić information content (AvgIpc) is 2.24. The first kappa shape index (κ1) is 16.2. The van der Waals surface area contributed by atoms with Gasteiger partial charge < -0.3 is 5.73 Å². The highest BCUT2D eigenvalue weighted by atomic mass is 35.5. The highest BCUT2D eigenvalue weighted by Gasteiger charge is 2.29. The van der Waals surface area contributed by atoms with Gasteiger partial charge in [-0.25, -0.2) is 8.42 Å². The van der Waals surface area contributed by atoms with Gasteiger partial charge in [0.15, 0.2) is 0 Å². The lowest BCUT2D eigenvalue weighted by molar-refractivity contribution is -0.120. The zero-order valence-electron chi connectivity index (χ0n) is 10.4. The van der Waals surface area contributed by atoms with Crippen LogP contribution in [0.15, 0.2) is 23.1 Å². The molecule has 106 valence electrons. The maximum atomic E-state index is 12.2. The van der Waals surface area contributed by atoms with Crippen molar-refractivity contribution in [3.05, 3.63) is 28.2 Å². The molecule has 1 atom stereocenters. The molecule has 0 radical (unpaired) electrons. The van der Waals surface area contributed by atoms with Crippen LogP contribution in [0, 0.1) is 5.92 Å². The summed E-state index contributed by atoms with van der Waals surface area (Å²) in [4.78, 5) is 11.0. The SMILES string of the molecule is CC(C)C(NS(=O)(=O)c1c(Cl)cccc1Cl)C(N)=O. The lowest BCUT2D eigenvalue weighted by Crippen LogP contribution is -2.47. The van der Waals surface area contributed by atoms with Crippen LogP contribution in [0.3, 0.4) is 0 Å². The molecule has 0 saturated carbocycles. The van der Waals surface area contributed by atoms with Gasteiger partial charge in [-0.15, -0.1) is 0 Å². The fourth-order valence-electron chi connectivity index (χ4n) is 1.49. The maximum Gasteiger partial charge on any atom is 0.244 e. The first-order valence-corrected chi connectivity index (χ1v) is 7.66. The molecule has 0 bridgehead atoms. The van der Waals surface area contributed by atoms with Crippen molar-refractivity contribution in [3.8, 4) is 0 Å². The fraction of sp³-hybridized carbons (Fsp3) is 0.364. The van der Waals surface area contributed by atoms with Crippen LogP contribution in [0.25, 0.3) is 0 Å². The van der Waals surface area contributed by atoms with Gasteiger partial charge in [0.25, 0.3) is 0 Å². The van der Waals surface area contributed by atoms with Gasteiger partial charge in [0.05, 0.1) is 10.0 Å². The van der Waals surface area contributed by atoms with E-state index in [4.69, 9.17) is 28.9 Å². The number of hydrogen-bond acceptors (Lipinski definition) is 3. The minimum atomic E-state index is -4.03. The minimum Gasteiger partial charge on any atom is -0.368 e. The van der Waals surface area contributed by atoms with Crippen LogP contribution in [0.2, 0.25) is 10.0 Å². The van der Waals surface area contributed by atoms with E-state index in [1.54, 1.807) is 13.8 Å². The Morgan fingerprint density at radius 3 is 2.11 bits per heavy atom. The van der Waals surface area contributed by atoms with Gasteiger partial charge >= 0.3 is 0 Å². The molecule has 1 amide bonds. The summed E-state index contributed by atoms with van der Waals surface area (Å²) in [5.41, 5.74) is 5.17. The second-order valence-electron chi connectivity index (χ2n) is 4.30. The van der Waals surface area contributed by atoms with E-state index < -0.39 is 22.0 Å². The lowest BCUT2D eigenvalue weighted by Gasteiger charge is -2.19. The van der Waals surface area contributed by atoms with Gasteiger partial charge in [0, 0.05) is 0 Å². The zero-order valence-corrected chi connectivity index (χ0v) is 12.7. The van der Waals surface area contributed by atoms with Gasteiger partial charge in [-0.05, 0) is 18.1 Å². The van der Waals surface area contributed by atoms with Gasteiger partial charge in [-0.1, -0.05) is 43.1 Å². The third-order valence-electron chi connectivity index (χ3n) is 2.44. The molecule has 0 aliphatic carbocycles.